The number of nitriles is 1. The molecule has 0 fully saturated rings. The lowest BCUT2D eigenvalue weighted by molar-refractivity contribution is -0.139. The molecule has 0 saturated heterocycles. The molecule has 0 aliphatic carbocycles. The number of amides is 3. The number of likely N-dealkylation sites (N-methyl/N-ethyl adjacent to an activating group) is 1. The van der Waals surface area contributed by atoms with Gasteiger partial charge in [0.1, 0.15) is 36.4 Å². The third-order valence-corrected chi connectivity index (χ3v) is 14.3. The number of halogens is 2. The second-order valence-corrected chi connectivity index (χ2v) is 22.5. The van der Waals surface area contributed by atoms with Crippen molar-refractivity contribution in [3.63, 3.8) is 0 Å². The standard InChI is InChI=1S/C45H51ClN6O6.C21H24ClNO4/c1-29-24-40(54)44(52(2)43(55)17-21-50-28-30-5-8-32(9-6-30)33-10-13-35(46)14-11-33)34-12-16-42(58-23-20-49)37(27-34)36-25-31(7-15-41(36)57-22-19-48)26-38(51-45(29)56)39(53)4-3-18-47;1-21(2,3)27-20(26)23(13-12-19(24)25)14-15-4-6-16(7-5-15)17-8-10-18(22)11-9-17/h5-16,25,27,29,38,44,50H,3-4,17,19-24,26,28,48-49H2,1-2H3,(H,51,56);4-11H,12-14H2,1-3H3,(H,24,25)/t29-,38+,44+;/m1./s1. The number of Topliss-reactive ketones (excluding diaryl/α,β-unsaturated/α-hetero) is 2. The van der Waals surface area contributed by atoms with Gasteiger partial charge in [0.15, 0.2) is 11.6 Å². The summed E-state index contributed by atoms with van der Waals surface area (Å²) < 4.78 is 17.6. The van der Waals surface area contributed by atoms with Crippen molar-refractivity contribution in [3.05, 3.63) is 166 Å². The minimum atomic E-state index is -1.06. The van der Waals surface area contributed by atoms with E-state index >= 15 is 0 Å². The van der Waals surface area contributed by atoms with Gasteiger partial charge in [0, 0.05) is 99.1 Å². The molecule has 6 aromatic rings. The molecule has 7 rings (SSSR count). The molecule has 0 saturated carbocycles. The zero-order valence-corrected chi connectivity index (χ0v) is 50.2. The van der Waals surface area contributed by atoms with Gasteiger partial charge in [-0.15, -0.1) is 0 Å². The van der Waals surface area contributed by atoms with E-state index in [2.05, 4.69) is 10.6 Å². The van der Waals surface area contributed by atoms with Crippen LogP contribution in [0.5, 0.6) is 11.5 Å². The highest BCUT2D eigenvalue weighted by Gasteiger charge is 2.34. The number of ketones is 2. The maximum absolute atomic E-state index is 14.4. The molecule has 7 N–H and O–H groups in total. The third kappa shape index (κ3) is 20.3. The molecule has 19 heteroatoms. The van der Waals surface area contributed by atoms with Crippen LogP contribution >= 0.6 is 23.2 Å². The lowest BCUT2D eigenvalue weighted by atomic mass is 9.89. The molecule has 0 aromatic heterocycles. The molecule has 0 spiro atoms. The molecule has 85 heavy (non-hydrogen) atoms. The van der Waals surface area contributed by atoms with Gasteiger partial charge in [-0.05, 0) is 120 Å². The Hall–Kier alpha value is -8.11. The maximum atomic E-state index is 14.4. The summed E-state index contributed by atoms with van der Waals surface area (Å²) in [5.41, 5.74) is 19.6. The summed E-state index contributed by atoms with van der Waals surface area (Å²) in [5, 5.41) is 25.7. The number of nitrogens with two attached hydrogens (primary N) is 2. The average molecular weight is 1200 g/mol. The molecule has 0 radical (unpaired) electrons. The van der Waals surface area contributed by atoms with E-state index in [0.717, 1.165) is 38.9 Å². The van der Waals surface area contributed by atoms with Crippen molar-refractivity contribution < 1.29 is 48.1 Å². The van der Waals surface area contributed by atoms with Crippen molar-refractivity contribution in [2.24, 2.45) is 17.4 Å². The van der Waals surface area contributed by atoms with E-state index < -0.39 is 41.6 Å². The van der Waals surface area contributed by atoms with Crippen LogP contribution in [0.4, 0.5) is 4.79 Å². The molecule has 1 aliphatic heterocycles. The van der Waals surface area contributed by atoms with Crippen molar-refractivity contribution in [1.82, 2.24) is 20.4 Å². The topological polar surface area (TPSA) is 257 Å². The highest BCUT2D eigenvalue weighted by molar-refractivity contribution is 6.31. The normalized spacial score (nSPS) is 14.9. The van der Waals surface area contributed by atoms with Crippen LogP contribution in [-0.2, 0) is 48.2 Å². The highest BCUT2D eigenvalue weighted by Crippen LogP contribution is 2.41. The van der Waals surface area contributed by atoms with Crippen LogP contribution in [0.15, 0.2) is 133 Å². The number of benzene rings is 6. The first kappa shape index (κ1) is 66.0. The predicted octanol–water partition coefficient (Wildman–Crippen LogP) is 10.8. The summed E-state index contributed by atoms with van der Waals surface area (Å²) in [6, 6.07) is 41.8. The summed E-state index contributed by atoms with van der Waals surface area (Å²) in [5.74, 6) is -2.23. The molecule has 17 nitrogen and oxygen atoms in total. The van der Waals surface area contributed by atoms with Gasteiger partial charge < -0.3 is 51.2 Å². The van der Waals surface area contributed by atoms with E-state index in [4.69, 9.17) is 54.0 Å². The maximum Gasteiger partial charge on any atom is 0.410 e. The fraction of sp³-hybridized carbons (Fsp3) is 0.348. The molecule has 0 unspecified atom stereocenters. The fourth-order valence-corrected chi connectivity index (χ4v) is 9.63. The Morgan fingerprint density at radius 2 is 1.26 bits per heavy atom. The summed E-state index contributed by atoms with van der Waals surface area (Å²) >= 11 is 12.0. The van der Waals surface area contributed by atoms with Gasteiger partial charge in [-0.1, -0.05) is 115 Å². The monoisotopic (exact) mass is 1200 g/mol. The molecule has 448 valence electrons. The van der Waals surface area contributed by atoms with Crippen molar-refractivity contribution in [1.29, 1.82) is 5.26 Å². The summed E-state index contributed by atoms with van der Waals surface area (Å²) in [6.45, 7) is 9.16. The van der Waals surface area contributed by atoms with Gasteiger partial charge in [-0.25, -0.2) is 4.79 Å². The van der Waals surface area contributed by atoms with Crippen LogP contribution in [0.1, 0.15) is 88.1 Å². The number of rotatable bonds is 22. The average Bonchev–Trinajstić information content (AvgIpc) is 3.68. The van der Waals surface area contributed by atoms with Gasteiger partial charge in [0.2, 0.25) is 11.8 Å². The van der Waals surface area contributed by atoms with Crippen molar-refractivity contribution in [2.45, 2.75) is 97.0 Å². The van der Waals surface area contributed by atoms with Crippen LogP contribution in [0.2, 0.25) is 10.0 Å². The van der Waals surface area contributed by atoms with E-state index in [1.807, 2.05) is 121 Å². The molecule has 6 aromatic carbocycles. The predicted molar refractivity (Wildman–Crippen MR) is 330 cm³/mol. The van der Waals surface area contributed by atoms with Gasteiger partial charge in [-0.3, -0.25) is 24.0 Å². The number of ether oxygens (including phenoxy) is 3. The second kappa shape index (κ2) is 32.2. The number of nitrogens with one attached hydrogen (secondary N) is 2. The minimum Gasteiger partial charge on any atom is -0.492 e. The quantitative estimate of drug-likeness (QED) is 0.0396. The number of carbonyl (C=O) groups is 6. The summed E-state index contributed by atoms with van der Waals surface area (Å²) in [4.78, 5) is 81.4. The number of fused-ring (bicyclic) bond motifs is 5. The number of carboxylic acid groups (broad SMARTS) is 1. The molecule has 4 bridgehead atoms. The van der Waals surface area contributed by atoms with Crippen molar-refractivity contribution >= 4 is 58.6 Å². The first-order valence-electron chi connectivity index (χ1n) is 28.2. The zero-order chi connectivity index (χ0) is 61.6. The fourth-order valence-electron chi connectivity index (χ4n) is 9.38. The van der Waals surface area contributed by atoms with Crippen LogP contribution in [0.3, 0.4) is 0 Å². The Morgan fingerprint density at radius 3 is 1.79 bits per heavy atom. The molecular weight excluding hydrogens is 1120 g/mol. The molecular formula is C66H75Cl2N7O10. The number of nitrogens with zero attached hydrogens (tertiary/aromatic N) is 3. The first-order chi connectivity index (χ1) is 40.7. The second-order valence-electron chi connectivity index (χ2n) is 21.6. The number of carbonyl (C=O) groups excluding carboxylic acids is 5. The Labute approximate surface area is 507 Å². The van der Waals surface area contributed by atoms with Gasteiger partial charge >= 0.3 is 12.1 Å². The third-order valence-electron chi connectivity index (χ3n) is 13.8. The summed E-state index contributed by atoms with van der Waals surface area (Å²) in [6.07, 6.45) is -0.654. The van der Waals surface area contributed by atoms with Gasteiger partial charge in [0.25, 0.3) is 0 Å². The number of carboxylic acids is 1. The van der Waals surface area contributed by atoms with Crippen LogP contribution < -0.4 is 31.6 Å². The van der Waals surface area contributed by atoms with Crippen LogP contribution in [0.25, 0.3) is 33.4 Å². The molecule has 3 amide bonds. The SMILES string of the molecule is CC(C)(C)OC(=O)N(CCC(=O)O)Cc1ccc(-c2ccc(Cl)cc2)cc1.C[C@@H]1CC(=O)[C@@H](N(C)C(=O)CCNCc2ccc(-c3ccc(Cl)cc3)cc2)c2ccc(OCCN)c(c2)-c2cc(ccc2OCCN)C[C@@H](C(=O)CCC#N)NC1=O. The van der Waals surface area contributed by atoms with Crippen molar-refractivity contribution in [3.8, 4) is 50.9 Å². The summed E-state index contributed by atoms with van der Waals surface area (Å²) in [7, 11) is 1.59. The Kier molecular flexibility index (Phi) is 25.1. The van der Waals surface area contributed by atoms with Gasteiger partial charge in [-0.2, -0.15) is 5.26 Å². The van der Waals surface area contributed by atoms with Crippen LogP contribution in [-0.4, -0.2) is 108 Å². The Bertz CT molecular complexity index is 3270. The van der Waals surface area contributed by atoms with E-state index in [9.17, 15) is 34.0 Å². The number of hydrogen-bond donors (Lipinski definition) is 5. The van der Waals surface area contributed by atoms with Gasteiger partial charge in [0.05, 0.1) is 18.5 Å². The molecule has 3 atom stereocenters. The molecule has 1 aliphatic rings. The number of aliphatic carboxylic acids is 1. The highest BCUT2D eigenvalue weighted by atomic mass is 35.5. The number of hydrogen-bond acceptors (Lipinski definition) is 13. The van der Waals surface area contributed by atoms with E-state index in [-0.39, 0.29) is 95.4 Å². The first-order valence-corrected chi connectivity index (χ1v) is 28.9. The van der Waals surface area contributed by atoms with E-state index in [1.54, 1.807) is 52.9 Å². The largest absolute Gasteiger partial charge is 0.492 e. The zero-order valence-electron chi connectivity index (χ0n) is 48.7. The lowest BCUT2D eigenvalue weighted by Crippen LogP contribution is -2.45. The Morgan fingerprint density at radius 1 is 0.729 bits per heavy atom. The van der Waals surface area contributed by atoms with E-state index in [0.29, 0.717) is 51.3 Å². The Balaban J connectivity index is 0.000000357. The van der Waals surface area contributed by atoms with Crippen molar-refractivity contribution in [2.75, 3.05) is 46.4 Å². The smallest absolute Gasteiger partial charge is 0.410 e. The minimum absolute atomic E-state index is 0.000774. The molecule has 1 heterocycles. The van der Waals surface area contributed by atoms with Crippen LogP contribution in [0, 0.1) is 17.2 Å². The lowest BCUT2D eigenvalue weighted by Gasteiger charge is -2.30. The van der Waals surface area contributed by atoms with E-state index in [1.165, 1.54) is 9.80 Å².